The monoisotopic (exact) mass is 493 g/mol. The Hall–Kier alpha value is -2.69. The summed E-state index contributed by atoms with van der Waals surface area (Å²) in [5.74, 6) is -0.333. The number of nitrogens with zero attached hydrogens (tertiary/aromatic N) is 2. The molecule has 6 heteroatoms. The molecule has 0 spiro atoms. The van der Waals surface area contributed by atoms with E-state index in [1.165, 1.54) is 22.3 Å². The van der Waals surface area contributed by atoms with Gasteiger partial charge in [0.15, 0.2) is 0 Å². The quantitative estimate of drug-likeness (QED) is 0.341. The van der Waals surface area contributed by atoms with Gasteiger partial charge < -0.3 is 15.5 Å². The lowest BCUT2D eigenvalue weighted by Gasteiger charge is -2.39. The molecule has 5 rings (SSSR count). The Balaban J connectivity index is 1.55. The van der Waals surface area contributed by atoms with Gasteiger partial charge in [-0.3, -0.25) is 4.79 Å². The first-order chi connectivity index (χ1) is 16.5. The third kappa shape index (κ3) is 4.03. The molecule has 3 aromatic carbocycles. The number of unbranched alkanes of at least 4 members (excludes halogenated alkanes) is 1. The first-order valence-corrected chi connectivity index (χ1v) is 12.8. The van der Waals surface area contributed by atoms with E-state index in [2.05, 4.69) is 47.1 Å². The molecule has 2 aliphatic rings. The summed E-state index contributed by atoms with van der Waals surface area (Å²) in [4.78, 5) is 17.5. The summed E-state index contributed by atoms with van der Waals surface area (Å²) < 4.78 is 0. The summed E-state index contributed by atoms with van der Waals surface area (Å²) in [7, 11) is 0. The molecule has 2 N–H and O–H groups in total. The molecule has 0 bridgehead atoms. The van der Waals surface area contributed by atoms with Gasteiger partial charge in [-0.2, -0.15) is 0 Å². The molecule has 0 saturated carbocycles. The standard InChI is InChI=1S/C28H29Cl2N3O/c1-2-3-7-19-17-21-20-9-5-4-8-18(20)16-22(21)27(25(19)28(31)34)33-14-12-32(13-15-33)24-11-6-10-23(29)26(24)30/h4-6,8-11,17H,2-3,7,12-16H2,1H3,(H2,31,34). The fourth-order valence-electron chi connectivity index (χ4n) is 5.41. The molecular formula is C28H29Cl2N3O. The Kier molecular flexibility index (Phi) is 6.46. The van der Waals surface area contributed by atoms with Gasteiger partial charge in [0.1, 0.15) is 0 Å². The van der Waals surface area contributed by atoms with Gasteiger partial charge in [-0.15, -0.1) is 0 Å². The Bertz CT molecular complexity index is 1250. The second-order valence-corrected chi connectivity index (χ2v) is 9.92. The van der Waals surface area contributed by atoms with Gasteiger partial charge in [0, 0.05) is 32.6 Å². The van der Waals surface area contributed by atoms with E-state index in [4.69, 9.17) is 28.9 Å². The van der Waals surface area contributed by atoms with Gasteiger partial charge in [-0.1, -0.05) is 66.9 Å². The smallest absolute Gasteiger partial charge is 0.251 e. The zero-order valence-electron chi connectivity index (χ0n) is 19.4. The van der Waals surface area contributed by atoms with Crippen LogP contribution in [-0.4, -0.2) is 32.1 Å². The number of benzene rings is 3. The van der Waals surface area contributed by atoms with Gasteiger partial charge >= 0.3 is 0 Å². The SMILES string of the molecule is CCCCc1cc2c(c(N3CCN(c4cccc(Cl)c4Cl)CC3)c1C(N)=O)Cc1ccccc1-2. The van der Waals surface area contributed by atoms with Crippen molar-refractivity contribution in [2.75, 3.05) is 36.0 Å². The van der Waals surface area contributed by atoms with Crippen LogP contribution >= 0.6 is 23.2 Å². The van der Waals surface area contributed by atoms with Crippen LogP contribution in [0.25, 0.3) is 11.1 Å². The predicted octanol–water partition coefficient (Wildman–Crippen LogP) is 6.33. The van der Waals surface area contributed by atoms with Crippen molar-refractivity contribution in [3.63, 3.8) is 0 Å². The van der Waals surface area contributed by atoms with Crippen LogP contribution in [-0.2, 0) is 12.8 Å². The molecule has 3 aromatic rings. The van der Waals surface area contributed by atoms with E-state index in [-0.39, 0.29) is 5.91 Å². The van der Waals surface area contributed by atoms with Crippen molar-refractivity contribution in [3.8, 4) is 11.1 Å². The van der Waals surface area contributed by atoms with Gasteiger partial charge in [0.05, 0.1) is 27.0 Å². The van der Waals surface area contributed by atoms with E-state index >= 15 is 0 Å². The molecule has 0 radical (unpaired) electrons. The van der Waals surface area contributed by atoms with Crippen molar-refractivity contribution in [2.45, 2.75) is 32.6 Å². The number of nitrogens with two attached hydrogens (primary N) is 1. The molecule has 176 valence electrons. The van der Waals surface area contributed by atoms with Crippen LogP contribution in [0, 0.1) is 0 Å². The van der Waals surface area contributed by atoms with Gasteiger partial charge in [-0.25, -0.2) is 0 Å². The van der Waals surface area contributed by atoms with Gasteiger partial charge in [-0.05, 0) is 58.9 Å². The molecule has 1 saturated heterocycles. The number of hydrogen-bond acceptors (Lipinski definition) is 3. The number of halogens is 2. The van der Waals surface area contributed by atoms with Crippen molar-refractivity contribution < 1.29 is 4.79 Å². The number of primary amides is 1. The van der Waals surface area contributed by atoms with Crippen LogP contribution in [0.3, 0.4) is 0 Å². The van der Waals surface area contributed by atoms with Crippen molar-refractivity contribution in [2.24, 2.45) is 5.73 Å². The van der Waals surface area contributed by atoms with Gasteiger partial charge in [0.2, 0.25) is 0 Å². The summed E-state index contributed by atoms with van der Waals surface area (Å²) in [6.07, 6.45) is 3.78. The van der Waals surface area contributed by atoms with Crippen LogP contribution < -0.4 is 15.5 Å². The van der Waals surface area contributed by atoms with Crippen LogP contribution in [0.1, 0.15) is 46.8 Å². The number of hydrogen-bond donors (Lipinski definition) is 1. The molecule has 1 aliphatic heterocycles. The number of carbonyl (C=O) groups is 1. The third-order valence-electron chi connectivity index (χ3n) is 7.08. The predicted molar refractivity (Wildman–Crippen MR) is 143 cm³/mol. The van der Waals surface area contributed by atoms with E-state index in [0.29, 0.717) is 15.6 Å². The normalized spacial score (nSPS) is 14.8. The summed E-state index contributed by atoms with van der Waals surface area (Å²) in [5.41, 5.74) is 14.9. The molecule has 1 fully saturated rings. The number of piperazine rings is 1. The number of anilines is 2. The zero-order valence-corrected chi connectivity index (χ0v) is 20.9. The maximum absolute atomic E-state index is 12.8. The van der Waals surface area contributed by atoms with Crippen LogP contribution in [0.2, 0.25) is 10.0 Å². The van der Waals surface area contributed by atoms with Crippen LogP contribution in [0.15, 0.2) is 48.5 Å². The number of amides is 1. The first kappa shape index (κ1) is 23.1. The van der Waals surface area contributed by atoms with Crippen LogP contribution in [0.5, 0.6) is 0 Å². The maximum atomic E-state index is 12.8. The maximum Gasteiger partial charge on any atom is 0.251 e. The fourth-order valence-corrected chi connectivity index (χ4v) is 5.82. The number of fused-ring (bicyclic) bond motifs is 3. The van der Waals surface area contributed by atoms with Crippen molar-refractivity contribution in [1.82, 2.24) is 0 Å². The van der Waals surface area contributed by atoms with E-state index in [9.17, 15) is 4.79 Å². The minimum absolute atomic E-state index is 0.333. The topological polar surface area (TPSA) is 49.6 Å². The highest BCUT2D eigenvalue weighted by Gasteiger charge is 2.31. The molecule has 4 nitrogen and oxygen atoms in total. The average molecular weight is 494 g/mol. The largest absolute Gasteiger partial charge is 0.367 e. The molecule has 0 unspecified atom stereocenters. The summed E-state index contributed by atoms with van der Waals surface area (Å²) in [5, 5.41) is 1.16. The Morgan fingerprint density at radius 3 is 2.44 bits per heavy atom. The Morgan fingerprint density at radius 1 is 0.971 bits per heavy atom. The molecule has 1 heterocycles. The highest BCUT2D eigenvalue weighted by Crippen LogP contribution is 2.45. The molecule has 34 heavy (non-hydrogen) atoms. The first-order valence-electron chi connectivity index (χ1n) is 12.0. The Morgan fingerprint density at radius 2 is 1.71 bits per heavy atom. The van der Waals surface area contributed by atoms with E-state index in [1.54, 1.807) is 0 Å². The second kappa shape index (κ2) is 9.52. The second-order valence-electron chi connectivity index (χ2n) is 9.13. The molecule has 1 aliphatic carbocycles. The highest BCUT2D eigenvalue weighted by atomic mass is 35.5. The minimum atomic E-state index is -0.333. The van der Waals surface area contributed by atoms with E-state index < -0.39 is 0 Å². The van der Waals surface area contributed by atoms with Crippen molar-refractivity contribution in [1.29, 1.82) is 0 Å². The third-order valence-corrected chi connectivity index (χ3v) is 7.89. The number of carbonyl (C=O) groups excluding carboxylic acids is 1. The van der Waals surface area contributed by atoms with Crippen molar-refractivity contribution in [3.05, 3.63) is 80.8 Å². The summed E-state index contributed by atoms with van der Waals surface area (Å²) in [6, 6.07) is 16.5. The minimum Gasteiger partial charge on any atom is -0.367 e. The highest BCUT2D eigenvalue weighted by molar-refractivity contribution is 6.43. The molecule has 1 amide bonds. The zero-order chi connectivity index (χ0) is 23.8. The summed E-state index contributed by atoms with van der Waals surface area (Å²) in [6.45, 7) is 5.32. The summed E-state index contributed by atoms with van der Waals surface area (Å²) >= 11 is 12.8. The number of rotatable bonds is 6. The lowest BCUT2D eigenvalue weighted by molar-refractivity contribution is 0.0999. The van der Waals surface area contributed by atoms with E-state index in [0.717, 1.165) is 68.8 Å². The molecule has 0 atom stereocenters. The lowest BCUT2D eigenvalue weighted by Crippen LogP contribution is -2.47. The van der Waals surface area contributed by atoms with E-state index in [1.807, 2.05) is 18.2 Å². The fraction of sp³-hybridized carbons (Fsp3) is 0.321. The average Bonchev–Trinajstić information content (AvgIpc) is 3.22. The van der Waals surface area contributed by atoms with Gasteiger partial charge in [0.25, 0.3) is 5.91 Å². The molecule has 0 aromatic heterocycles. The lowest BCUT2D eigenvalue weighted by atomic mass is 9.91. The number of aryl methyl sites for hydroxylation is 1. The Labute approximate surface area is 211 Å². The molecular weight excluding hydrogens is 465 g/mol. The van der Waals surface area contributed by atoms with Crippen molar-refractivity contribution >= 4 is 40.5 Å². The van der Waals surface area contributed by atoms with Crippen LogP contribution in [0.4, 0.5) is 11.4 Å².